The number of carbonyl (C=O) groups is 2. The van der Waals surface area contributed by atoms with Crippen molar-refractivity contribution in [3.63, 3.8) is 0 Å². The molecule has 7 heteroatoms. The number of hydrogen-bond donors (Lipinski definition) is 1. The van der Waals surface area contributed by atoms with Gasteiger partial charge in [-0.05, 0) is 55.2 Å². The molecule has 1 N–H and O–H groups in total. The van der Waals surface area contributed by atoms with Gasteiger partial charge in [0.1, 0.15) is 12.4 Å². The van der Waals surface area contributed by atoms with E-state index < -0.39 is 5.92 Å². The summed E-state index contributed by atoms with van der Waals surface area (Å²) in [6, 6.07) is 11.8. The molecule has 0 bridgehead atoms. The lowest BCUT2D eigenvalue weighted by Crippen LogP contribution is -2.36. The second-order valence-corrected chi connectivity index (χ2v) is 10.7. The van der Waals surface area contributed by atoms with E-state index in [1.807, 2.05) is 44.2 Å². The van der Waals surface area contributed by atoms with Gasteiger partial charge in [-0.3, -0.25) is 4.79 Å². The van der Waals surface area contributed by atoms with Crippen LogP contribution >= 0.6 is 23.1 Å². The molecule has 0 unspecified atom stereocenters. The molecule has 1 aromatic heterocycles. The molecule has 0 fully saturated rings. The van der Waals surface area contributed by atoms with Gasteiger partial charge in [0.05, 0.1) is 12.2 Å². The fourth-order valence-corrected chi connectivity index (χ4v) is 6.03. The summed E-state index contributed by atoms with van der Waals surface area (Å²) in [6.07, 6.45) is 1.20. The van der Waals surface area contributed by atoms with E-state index in [0.717, 1.165) is 40.6 Å². The summed E-state index contributed by atoms with van der Waals surface area (Å²) in [5.41, 5.74) is 3.79. The van der Waals surface area contributed by atoms with Crippen LogP contribution in [0.1, 0.15) is 55.9 Å². The zero-order valence-electron chi connectivity index (χ0n) is 19.9. The Balaban J connectivity index is 1.70. The maximum Gasteiger partial charge on any atom is 0.336 e. The number of ether oxygens (including phenoxy) is 2. The minimum absolute atomic E-state index is 0.0883. The van der Waals surface area contributed by atoms with E-state index >= 15 is 0 Å². The molecule has 1 aromatic carbocycles. The summed E-state index contributed by atoms with van der Waals surface area (Å²) in [5, 5.41) is 5.47. The van der Waals surface area contributed by atoms with Crippen LogP contribution in [-0.4, -0.2) is 36.5 Å². The lowest BCUT2D eigenvalue weighted by Gasteiger charge is -2.36. The van der Waals surface area contributed by atoms with Crippen LogP contribution in [0.3, 0.4) is 0 Å². The molecule has 34 heavy (non-hydrogen) atoms. The Hall–Kier alpha value is -2.51. The van der Waals surface area contributed by atoms with Gasteiger partial charge in [-0.25, -0.2) is 4.79 Å². The molecule has 180 valence electrons. The SMILES string of the molecule is CCOc1ccc([C@H]2C(C(=O)OCCSCC)=C(C)NC3=C2C(=O)C[C@@H](c2cccs2)C3)cc1. The average molecular weight is 498 g/mol. The van der Waals surface area contributed by atoms with Crippen molar-refractivity contribution >= 4 is 34.9 Å². The number of rotatable bonds is 9. The molecule has 5 nitrogen and oxygen atoms in total. The van der Waals surface area contributed by atoms with Crippen LogP contribution in [0.5, 0.6) is 5.75 Å². The van der Waals surface area contributed by atoms with E-state index in [0.29, 0.717) is 30.8 Å². The zero-order valence-corrected chi connectivity index (χ0v) is 21.5. The van der Waals surface area contributed by atoms with Crippen molar-refractivity contribution in [3.05, 3.63) is 74.8 Å². The summed E-state index contributed by atoms with van der Waals surface area (Å²) in [7, 11) is 0. The summed E-state index contributed by atoms with van der Waals surface area (Å²) in [6.45, 7) is 6.86. The Kier molecular flexibility index (Phi) is 8.16. The lowest BCUT2D eigenvalue weighted by molar-refractivity contribution is -0.138. The first-order chi connectivity index (χ1) is 16.5. The second kappa shape index (κ2) is 11.3. The molecule has 1 aliphatic heterocycles. The molecule has 0 amide bonds. The van der Waals surface area contributed by atoms with E-state index in [2.05, 4.69) is 23.7 Å². The maximum absolute atomic E-state index is 13.6. The molecule has 2 aliphatic rings. The van der Waals surface area contributed by atoms with Gasteiger partial charge in [0, 0.05) is 45.9 Å². The quantitative estimate of drug-likeness (QED) is 0.349. The first-order valence-corrected chi connectivity index (χ1v) is 13.8. The third-order valence-electron chi connectivity index (χ3n) is 6.18. The normalized spacial score (nSPS) is 20.1. The van der Waals surface area contributed by atoms with Crippen molar-refractivity contribution in [1.29, 1.82) is 0 Å². The summed E-state index contributed by atoms with van der Waals surface area (Å²) in [4.78, 5) is 28.1. The van der Waals surface area contributed by atoms with Gasteiger partial charge < -0.3 is 14.8 Å². The van der Waals surface area contributed by atoms with E-state index in [1.165, 1.54) is 4.88 Å². The number of esters is 1. The largest absolute Gasteiger partial charge is 0.494 e. The van der Waals surface area contributed by atoms with Crippen LogP contribution < -0.4 is 10.1 Å². The van der Waals surface area contributed by atoms with Crippen molar-refractivity contribution < 1.29 is 19.1 Å². The van der Waals surface area contributed by atoms with Crippen molar-refractivity contribution in [1.82, 2.24) is 5.32 Å². The molecule has 0 saturated carbocycles. The van der Waals surface area contributed by atoms with Gasteiger partial charge in [0.2, 0.25) is 0 Å². The highest BCUT2D eigenvalue weighted by Gasteiger charge is 2.41. The van der Waals surface area contributed by atoms with Crippen LogP contribution in [0.4, 0.5) is 0 Å². The second-order valence-electron chi connectivity index (χ2n) is 8.37. The monoisotopic (exact) mass is 497 g/mol. The van der Waals surface area contributed by atoms with Crippen molar-refractivity contribution in [2.24, 2.45) is 0 Å². The van der Waals surface area contributed by atoms with E-state index in [4.69, 9.17) is 9.47 Å². The average Bonchev–Trinajstić information content (AvgIpc) is 3.37. The molecule has 0 radical (unpaired) electrons. The number of benzene rings is 1. The van der Waals surface area contributed by atoms with Gasteiger partial charge in [0.15, 0.2) is 5.78 Å². The van der Waals surface area contributed by atoms with Crippen LogP contribution in [0.25, 0.3) is 0 Å². The minimum atomic E-state index is -0.449. The number of thiophene rings is 1. The number of thioether (sulfide) groups is 1. The fourth-order valence-electron chi connectivity index (χ4n) is 4.71. The highest BCUT2D eigenvalue weighted by molar-refractivity contribution is 7.99. The van der Waals surface area contributed by atoms with Crippen LogP contribution in [0.15, 0.2) is 64.3 Å². The number of nitrogens with one attached hydrogen (secondary N) is 1. The number of Topliss-reactive ketones (excluding diaryl/α,β-unsaturated/α-hetero) is 1. The predicted octanol–water partition coefficient (Wildman–Crippen LogP) is 5.80. The molecular weight excluding hydrogens is 466 g/mol. The van der Waals surface area contributed by atoms with Gasteiger partial charge >= 0.3 is 5.97 Å². The van der Waals surface area contributed by atoms with E-state index in [-0.39, 0.29) is 17.7 Å². The molecule has 4 rings (SSSR count). The third kappa shape index (κ3) is 5.26. The minimum Gasteiger partial charge on any atom is -0.494 e. The summed E-state index contributed by atoms with van der Waals surface area (Å²) < 4.78 is 11.3. The first kappa shape index (κ1) is 24.6. The Morgan fingerprint density at radius 3 is 2.65 bits per heavy atom. The molecule has 2 heterocycles. The highest BCUT2D eigenvalue weighted by atomic mass is 32.2. The van der Waals surface area contributed by atoms with E-state index in [1.54, 1.807) is 23.1 Å². The van der Waals surface area contributed by atoms with Crippen LogP contribution in [0, 0.1) is 0 Å². The summed E-state index contributed by atoms with van der Waals surface area (Å²) >= 11 is 3.42. The molecule has 1 aliphatic carbocycles. The number of carbonyl (C=O) groups excluding carboxylic acids is 2. The standard InChI is InChI=1S/C27H31NO4S2/c1-4-31-20-10-8-18(9-11-20)25-24(27(30)32-12-14-33-5-2)17(3)28-21-15-19(16-22(29)26(21)25)23-7-6-13-34-23/h6-11,13,19,25,28H,4-5,12,14-16H2,1-3H3/t19-,25-/m0/s1. The molecule has 2 atom stereocenters. The van der Waals surface area contributed by atoms with Gasteiger partial charge in [0.25, 0.3) is 0 Å². The topological polar surface area (TPSA) is 64.6 Å². The molecule has 0 saturated heterocycles. The third-order valence-corrected chi connectivity index (χ3v) is 8.08. The smallest absolute Gasteiger partial charge is 0.336 e. The fraction of sp³-hybridized carbons (Fsp3) is 0.407. The van der Waals surface area contributed by atoms with Gasteiger partial charge in [-0.2, -0.15) is 11.8 Å². The van der Waals surface area contributed by atoms with Crippen molar-refractivity contribution in [2.75, 3.05) is 24.7 Å². The Labute approximate surface area is 209 Å². The number of allylic oxidation sites excluding steroid dienone is 3. The van der Waals surface area contributed by atoms with Crippen LogP contribution in [-0.2, 0) is 14.3 Å². The molecule has 2 aromatic rings. The number of dihydropyridines is 1. The molecular formula is C27H31NO4S2. The summed E-state index contributed by atoms with van der Waals surface area (Å²) in [5.74, 6) is 1.94. The van der Waals surface area contributed by atoms with E-state index in [9.17, 15) is 9.59 Å². The molecule has 0 spiro atoms. The van der Waals surface area contributed by atoms with Gasteiger partial charge in [-0.15, -0.1) is 11.3 Å². The number of hydrogen-bond acceptors (Lipinski definition) is 7. The number of ketones is 1. The first-order valence-electron chi connectivity index (χ1n) is 11.8. The zero-order chi connectivity index (χ0) is 24.1. The van der Waals surface area contributed by atoms with Crippen molar-refractivity contribution in [3.8, 4) is 5.75 Å². The highest BCUT2D eigenvalue weighted by Crippen LogP contribution is 2.46. The van der Waals surface area contributed by atoms with Crippen molar-refractivity contribution in [2.45, 2.75) is 45.4 Å². The van der Waals surface area contributed by atoms with Crippen LogP contribution in [0.2, 0.25) is 0 Å². The maximum atomic E-state index is 13.6. The lowest BCUT2D eigenvalue weighted by atomic mass is 9.72. The Morgan fingerprint density at radius 2 is 1.97 bits per heavy atom. The van der Waals surface area contributed by atoms with Gasteiger partial charge in [-0.1, -0.05) is 25.1 Å². The Morgan fingerprint density at radius 1 is 1.18 bits per heavy atom. The predicted molar refractivity (Wildman–Crippen MR) is 138 cm³/mol. The Bertz CT molecular complexity index is 1090.